The molecule has 5 N–H and O–H groups in total. The predicted molar refractivity (Wildman–Crippen MR) is 70.8 cm³/mol. The number of anilines is 1. The summed E-state index contributed by atoms with van der Waals surface area (Å²) in [7, 11) is 1.76. The highest BCUT2D eigenvalue weighted by atomic mass is 16.4. The largest absolute Gasteiger partial charge is 0.480 e. The third-order valence-corrected chi connectivity index (χ3v) is 3.31. The summed E-state index contributed by atoms with van der Waals surface area (Å²) in [5, 5.41) is 14.7. The van der Waals surface area contributed by atoms with Crippen molar-refractivity contribution >= 4 is 17.6 Å². The van der Waals surface area contributed by atoms with Crippen molar-refractivity contribution in [3.63, 3.8) is 0 Å². The van der Waals surface area contributed by atoms with Gasteiger partial charge in [-0.3, -0.25) is 9.59 Å². The molecule has 1 heterocycles. The van der Waals surface area contributed by atoms with Crippen molar-refractivity contribution < 1.29 is 14.7 Å². The fourth-order valence-corrected chi connectivity index (χ4v) is 2.24. The predicted octanol–water partition coefficient (Wildman–Crippen LogP) is 0.244. The van der Waals surface area contributed by atoms with E-state index in [1.165, 1.54) is 0 Å². The van der Waals surface area contributed by atoms with Crippen LogP contribution in [0.3, 0.4) is 0 Å². The fraction of sp³-hybridized carbons (Fsp3) is 0.385. The van der Waals surface area contributed by atoms with Crippen LogP contribution in [0.4, 0.5) is 5.69 Å². The number of nitrogens with two attached hydrogens (primary N) is 1. The van der Waals surface area contributed by atoms with E-state index in [2.05, 4.69) is 10.6 Å². The SMILES string of the molecule is CNC(CC(N)C(=O)O)c1ccc2c(c1)CC(=O)N2. The van der Waals surface area contributed by atoms with E-state index in [4.69, 9.17) is 10.8 Å². The fourth-order valence-electron chi connectivity index (χ4n) is 2.24. The second-order valence-corrected chi connectivity index (χ2v) is 4.66. The Balaban J connectivity index is 2.18. The molecule has 2 atom stereocenters. The Morgan fingerprint density at radius 3 is 2.95 bits per heavy atom. The van der Waals surface area contributed by atoms with Crippen LogP contribution >= 0.6 is 0 Å². The summed E-state index contributed by atoms with van der Waals surface area (Å²) < 4.78 is 0. The van der Waals surface area contributed by atoms with Gasteiger partial charge in [0, 0.05) is 11.7 Å². The zero-order valence-electron chi connectivity index (χ0n) is 10.6. The van der Waals surface area contributed by atoms with Gasteiger partial charge in [0.1, 0.15) is 6.04 Å². The smallest absolute Gasteiger partial charge is 0.320 e. The van der Waals surface area contributed by atoms with E-state index >= 15 is 0 Å². The van der Waals surface area contributed by atoms with Gasteiger partial charge in [-0.15, -0.1) is 0 Å². The normalized spacial score (nSPS) is 16.6. The summed E-state index contributed by atoms with van der Waals surface area (Å²) in [5.74, 6) is -1.03. The molecule has 1 aliphatic rings. The molecule has 0 fully saturated rings. The van der Waals surface area contributed by atoms with E-state index in [0.717, 1.165) is 16.8 Å². The molecule has 0 aliphatic carbocycles. The maximum absolute atomic E-state index is 11.3. The van der Waals surface area contributed by atoms with Gasteiger partial charge in [-0.05, 0) is 30.7 Å². The van der Waals surface area contributed by atoms with Crippen molar-refractivity contribution in [3.05, 3.63) is 29.3 Å². The lowest BCUT2D eigenvalue weighted by atomic mass is 9.97. The van der Waals surface area contributed by atoms with Gasteiger partial charge in [0.05, 0.1) is 6.42 Å². The molecule has 0 spiro atoms. The first-order chi connectivity index (χ1) is 9.01. The van der Waals surface area contributed by atoms with Crippen LogP contribution in [0.1, 0.15) is 23.6 Å². The Morgan fingerprint density at radius 1 is 1.58 bits per heavy atom. The van der Waals surface area contributed by atoms with Crippen molar-refractivity contribution in [3.8, 4) is 0 Å². The molecule has 102 valence electrons. The number of nitrogens with one attached hydrogen (secondary N) is 2. The molecule has 1 amide bonds. The van der Waals surface area contributed by atoms with E-state index < -0.39 is 12.0 Å². The van der Waals surface area contributed by atoms with Crippen LogP contribution in [0.25, 0.3) is 0 Å². The Morgan fingerprint density at radius 2 is 2.32 bits per heavy atom. The molecule has 6 nitrogen and oxygen atoms in total. The summed E-state index contributed by atoms with van der Waals surface area (Å²) >= 11 is 0. The van der Waals surface area contributed by atoms with E-state index in [-0.39, 0.29) is 11.9 Å². The molecule has 0 saturated heterocycles. The lowest BCUT2D eigenvalue weighted by molar-refractivity contribution is -0.138. The first-order valence-electron chi connectivity index (χ1n) is 6.09. The van der Waals surface area contributed by atoms with E-state index in [9.17, 15) is 9.59 Å². The van der Waals surface area contributed by atoms with Crippen molar-refractivity contribution in [2.75, 3.05) is 12.4 Å². The number of carbonyl (C=O) groups excluding carboxylic acids is 1. The van der Waals surface area contributed by atoms with Crippen LogP contribution in [-0.4, -0.2) is 30.1 Å². The maximum atomic E-state index is 11.3. The molecule has 2 unspecified atom stereocenters. The van der Waals surface area contributed by atoms with Gasteiger partial charge >= 0.3 is 5.97 Å². The quantitative estimate of drug-likeness (QED) is 0.609. The van der Waals surface area contributed by atoms with Crippen LogP contribution in [0, 0.1) is 0 Å². The lowest BCUT2D eigenvalue weighted by Gasteiger charge is -2.19. The van der Waals surface area contributed by atoms with Crippen molar-refractivity contribution in [2.24, 2.45) is 5.73 Å². The molecule has 6 heteroatoms. The third-order valence-electron chi connectivity index (χ3n) is 3.31. The maximum Gasteiger partial charge on any atom is 0.320 e. The highest BCUT2D eigenvalue weighted by molar-refractivity contribution is 5.99. The number of amides is 1. The van der Waals surface area contributed by atoms with Crippen LogP contribution < -0.4 is 16.4 Å². The molecule has 1 aromatic carbocycles. The van der Waals surface area contributed by atoms with Crippen LogP contribution in [0.5, 0.6) is 0 Å². The topological polar surface area (TPSA) is 104 Å². The molecule has 0 saturated carbocycles. The van der Waals surface area contributed by atoms with Gasteiger partial charge in [-0.1, -0.05) is 12.1 Å². The molecule has 1 aliphatic heterocycles. The number of aliphatic carboxylic acids is 1. The third kappa shape index (κ3) is 2.91. The van der Waals surface area contributed by atoms with Gasteiger partial charge in [0.25, 0.3) is 0 Å². The highest BCUT2D eigenvalue weighted by Gasteiger charge is 2.22. The Kier molecular flexibility index (Phi) is 3.82. The number of hydrogen-bond donors (Lipinski definition) is 4. The van der Waals surface area contributed by atoms with E-state index in [1.54, 1.807) is 7.05 Å². The van der Waals surface area contributed by atoms with Gasteiger partial charge in [0.2, 0.25) is 5.91 Å². The number of rotatable bonds is 5. The zero-order chi connectivity index (χ0) is 14.0. The van der Waals surface area contributed by atoms with Gasteiger partial charge < -0.3 is 21.5 Å². The number of carboxylic acids is 1. The number of carboxylic acid groups (broad SMARTS) is 1. The van der Waals surface area contributed by atoms with Crippen molar-refractivity contribution in [2.45, 2.75) is 24.9 Å². The van der Waals surface area contributed by atoms with Crippen LogP contribution in [-0.2, 0) is 16.0 Å². The minimum Gasteiger partial charge on any atom is -0.480 e. The summed E-state index contributed by atoms with van der Waals surface area (Å²) in [6, 6.07) is 4.58. The average molecular weight is 263 g/mol. The van der Waals surface area contributed by atoms with E-state index in [1.807, 2.05) is 18.2 Å². The first kappa shape index (κ1) is 13.5. The van der Waals surface area contributed by atoms with Crippen molar-refractivity contribution in [1.82, 2.24) is 5.32 Å². The molecule has 2 rings (SSSR count). The molecular formula is C13H17N3O3. The number of fused-ring (bicyclic) bond motifs is 1. The number of benzene rings is 1. The Hall–Kier alpha value is -1.92. The number of carbonyl (C=O) groups is 2. The van der Waals surface area contributed by atoms with Gasteiger partial charge in [0.15, 0.2) is 0 Å². The summed E-state index contributed by atoms with van der Waals surface area (Å²) in [6.45, 7) is 0. The monoisotopic (exact) mass is 263 g/mol. The average Bonchev–Trinajstić information content (AvgIpc) is 2.74. The molecule has 0 aromatic heterocycles. The molecular weight excluding hydrogens is 246 g/mol. The molecule has 1 aromatic rings. The van der Waals surface area contributed by atoms with Crippen molar-refractivity contribution in [1.29, 1.82) is 0 Å². The number of hydrogen-bond acceptors (Lipinski definition) is 4. The van der Waals surface area contributed by atoms with E-state index in [0.29, 0.717) is 12.8 Å². The second kappa shape index (κ2) is 5.38. The molecule has 0 radical (unpaired) electrons. The molecule has 0 bridgehead atoms. The summed E-state index contributed by atoms with van der Waals surface area (Å²) in [4.78, 5) is 22.1. The van der Waals surface area contributed by atoms with Gasteiger partial charge in [-0.25, -0.2) is 0 Å². The standard InChI is InChI=1S/C13H17N3O3/c1-15-11(6-9(14)13(18)19)7-2-3-10-8(4-7)5-12(17)16-10/h2-4,9,11,15H,5-6,14H2,1H3,(H,16,17)(H,18,19). The zero-order valence-corrected chi connectivity index (χ0v) is 10.6. The molecule has 19 heavy (non-hydrogen) atoms. The lowest BCUT2D eigenvalue weighted by Crippen LogP contribution is -2.34. The van der Waals surface area contributed by atoms with Crippen LogP contribution in [0.15, 0.2) is 18.2 Å². The Labute approximate surface area is 111 Å². The van der Waals surface area contributed by atoms with Gasteiger partial charge in [-0.2, -0.15) is 0 Å². The minimum absolute atomic E-state index is 0.0182. The first-order valence-corrected chi connectivity index (χ1v) is 6.09. The summed E-state index contributed by atoms with van der Waals surface area (Å²) in [6.07, 6.45) is 0.663. The highest BCUT2D eigenvalue weighted by Crippen LogP contribution is 2.27. The summed E-state index contributed by atoms with van der Waals surface area (Å²) in [5.41, 5.74) is 8.26. The Bertz CT molecular complexity index is 516. The van der Waals surface area contributed by atoms with Crippen LogP contribution in [0.2, 0.25) is 0 Å². The minimum atomic E-state index is -1.02. The second-order valence-electron chi connectivity index (χ2n) is 4.66.